The maximum Gasteiger partial charge on any atom is 0.199 e. The van der Waals surface area contributed by atoms with E-state index in [0.29, 0.717) is 18.2 Å². The number of ketones is 1. The molecule has 3 rings (SSSR count). The highest BCUT2D eigenvalue weighted by atomic mass is 79.9. The van der Waals surface area contributed by atoms with Gasteiger partial charge < -0.3 is 9.73 Å². The van der Waals surface area contributed by atoms with E-state index in [0.717, 1.165) is 28.4 Å². The van der Waals surface area contributed by atoms with Crippen LogP contribution in [0.5, 0.6) is 0 Å². The molecule has 1 saturated heterocycles. The van der Waals surface area contributed by atoms with E-state index >= 15 is 0 Å². The average molecular weight is 336 g/mol. The molecule has 2 aromatic rings. The Bertz CT molecular complexity index is 612. The Morgan fingerprint density at radius 1 is 1.30 bits per heavy atom. The van der Waals surface area contributed by atoms with Crippen LogP contribution in [0.15, 0.2) is 33.2 Å². The molecule has 20 heavy (non-hydrogen) atoms. The highest BCUT2D eigenvalue weighted by molar-refractivity contribution is 9.10. The number of hydrogen-bond donors (Lipinski definition) is 1. The van der Waals surface area contributed by atoms with Crippen molar-refractivity contribution in [1.29, 1.82) is 0 Å². The van der Waals surface area contributed by atoms with Crippen molar-refractivity contribution in [3.63, 3.8) is 0 Å². The first kappa shape index (κ1) is 13.8. The van der Waals surface area contributed by atoms with E-state index in [2.05, 4.69) is 21.2 Å². The number of nitrogens with one attached hydrogen (secondary N) is 1. The van der Waals surface area contributed by atoms with Gasteiger partial charge in [-0.25, -0.2) is 0 Å². The molecule has 0 spiro atoms. The van der Waals surface area contributed by atoms with Crippen LogP contribution < -0.4 is 5.32 Å². The van der Waals surface area contributed by atoms with Gasteiger partial charge in [0.2, 0.25) is 0 Å². The molecule has 1 N–H and O–H groups in total. The van der Waals surface area contributed by atoms with Crippen LogP contribution in [0.3, 0.4) is 0 Å². The third kappa shape index (κ3) is 3.13. The van der Waals surface area contributed by atoms with Crippen molar-refractivity contribution in [1.82, 2.24) is 5.32 Å². The Hall–Kier alpha value is -1.13. The zero-order chi connectivity index (χ0) is 13.9. The summed E-state index contributed by atoms with van der Waals surface area (Å²) in [6, 6.07) is 7.93. The number of rotatable bonds is 3. The van der Waals surface area contributed by atoms with Gasteiger partial charge in [0.15, 0.2) is 11.5 Å². The summed E-state index contributed by atoms with van der Waals surface area (Å²) in [4.78, 5) is 12.3. The highest BCUT2D eigenvalue weighted by Crippen LogP contribution is 2.24. The van der Waals surface area contributed by atoms with E-state index in [4.69, 9.17) is 4.42 Å². The van der Waals surface area contributed by atoms with Crippen LogP contribution >= 0.6 is 15.9 Å². The van der Waals surface area contributed by atoms with Gasteiger partial charge in [0.1, 0.15) is 5.58 Å². The van der Waals surface area contributed by atoms with Gasteiger partial charge >= 0.3 is 0 Å². The van der Waals surface area contributed by atoms with Gasteiger partial charge in [-0.3, -0.25) is 4.79 Å². The molecule has 1 fully saturated rings. The van der Waals surface area contributed by atoms with Crippen molar-refractivity contribution in [3.8, 4) is 0 Å². The average Bonchev–Trinajstić information content (AvgIpc) is 2.68. The van der Waals surface area contributed by atoms with Gasteiger partial charge in [-0.15, -0.1) is 0 Å². The summed E-state index contributed by atoms with van der Waals surface area (Å²) in [5.41, 5.74) is 0.769. The van der Waals surface area contributed by atoms with Crippen molar-refractivity contribution in [2.45, 2.75) is 38.1 Å². The fourth-order valence-corrected chi connectivity index (χ4v) is 3.13. The Kier molecular flexibility index (Phi) is 4.22. The molecule has 0 radical (unpaired) electrons. The largest absolute Gasteiger partial charge is 0.453 e. The Labute approximate surface area is 126 Å². The lowest BCUT2D eigenvalue weighted by atomic mass is 10.0. The molecule has 106 valence electrons. The van der Waals surface area contributed by atoms with Crippen LogP contribution in [-0.4, -0.2) is 18.4 Å². The molecule has 0 saturated carbocycles. The number of Topliss-reactive ketones (excluding diaryl/α,β-unsaturated/α-hetero) is 1. The van der Waals surface area contributed by atoms with Crippen molar-refractivity contribution in [3.05, 3.63) is 34.5 Å². The fraction of sp³-hybridized carbons (Fsp3) is 0.438. The summed E-state index contributed by atoms with van der Waals surface area (Å²) in [6.07, 6.45) is 5.29. The number of halogens is 1. The number of fused-ring (bicyclic) bond motifs is 1. The highest BCUT2D eigenvalue weighted by Gasteiger charge is 2.19. The number of carbonyl (C=O) groups excluding carboxylic acids is 1. The SMILES string of the molecule is O=C(CC1CCCCCN1)c1cc2cc(Br)ccc2o1. The molecule has 1 aromatic heterocycles. The van der Waals surface area contributed by atoms with Crippen LogP contribution in [0.1, 0.15) is 42.7 Å². The summed E-state index contributed by atoms with van der Waals surface area (Å²) < 4.78 is 6.66. The summed E-state index contributed by atoms with van der Waals surface area (Å²) in [5, 5.41) is 4.42. The first-order valence-electron chi connectivity index (χ1n) is 7.18. The monoisotopic (exact) mass is 335 g/mol. The van der Waals surface area contributed by atoms with Crippen LogP contribution in [0, 0.1) is 0 Å². The molecule has 0 amide bonds. The molecular weight excluding hydrogens is 318 g/mol. The lowest BCUT2D eigenvalue weighted by molar-refractivity contribution is 0.0943. The van der Waals surface area contributed by atoms with Crippen LogP contribution in [0.25, 0.3) is 11.0 Å². The second kappa shape index (κ2) is 6.10. The van der Waals surface area contributed by atoms with E-state index in [-0.39, 0.29) is 5.78 Å². The van der Waals surface area contributed by atoms with Gasteiger partial charge in [-0.1, -0.05) is 28.8 Å². The number of carbonyl (C=O) groups is 1. The van der Waals surface area contributed by atoms with Crippen LogP contribution in [0.4, 0.5) is 0 Å². The van der Waals surface area contributed by atoms with Crippen LogP contribution in [0.2, 0.25) is 0 Å². The van der Waals surface area contributed by atoms with Crippen molar-refractivity contribution < 1.29 is 9.21 Å². The summed E-state index contributed by atoms with van der Waals surface area (Å²) in [5.74, 6) is 0.570. The first-order valence-corrected chi connectivity index (χ1v) is 7.97. The third-order valence-corrected chi connectivity index (χ3v) is 4.34. The van der Waals surface area contributed by atoms with E-state index < -0.39 is 0 Å². The normalized spacial score (nSPS) is 19.9. The molecule has 0 aliphatic carbocycles. The second-order valence-electron chi connectivity index (χ2n) is 5.42. The van der Waals surface area contributed by atoms with Gasteiger partial charge in [-0.05, 0) is 43.7 Å². The van der Waals surface area contributed by atoms with Crippen LogP contribution in [-0.2, 0) is 0 Å². The number of benzene rings is 1. The minimum atomic E-state index is 0.0942. The Morgan fingerprint density at radius 3 is 3.10 bits per heavy atom. The molecule has 1 aliphatic rings. The van der Waals surface area contributed by atoms with Crippen molar-refractivity contribution in [2.75, 3.05) is 6.54 Å². The number of furan rings is 1. The topological polar surface area (TPSA) is 42.2 Å². The molecule has 3 nitrogen and oxygen atoms in total. The minimum Gasteiger partial charge on any atom is -0.453 e. The van der Waals surface area contributed by atoms with E-state index in [1.807, 2.05) is 24.3 Å². The van der Waals surface area contributed by atoms with Gasteiger partial charge in [0, 0.05) is 22.3 Å². The first-order chi connectivity index (χ1) is 9.72. The maximum atomic E-state index is 12.3. The zero-order valence-corrected chi connectivity index (χ0v) is 12.9. The fourth-order valence-electron chi connectivity index (χ4n) is 2.75. The molecule has 1 atom stereocenters. The molecule has 1 aromatic carbocycles. The summed E-state index contributed by atoms with van der Waals surface area (Å²) in [7, 11) is 0. The van der Waals surface area contributed by atoms with E-state index in [1.165, 1.54) is 19.3 Å². The molecule has 1 unspecified atom stereocenters. The molecule has 2 heterocycles. The summed E-state index contributed by atoms with van der Waals surface area (Å²) >= 11 is 3.43. The lowest BCUT2D eigenvalue weighted by Crippen LogP contribution is -2.30. The lowest BCUT2D eigenvalue weighted by Gasteiger charge is -2.13. The van der Waals surface area contributed by atoms with Gasteiger partial charge in [0.05, 0.1) is 0 Å². The predicted molar refractivity (Wildman–Crippen MR) is 83.1 cm³/mol. The molecular formula is C16H18BrNO2. The minimum absolute atomic E-state index is 0.0942. The maximum absolute atomic E-state index is 12.3. The summed E-state index contributed by atoms with van der Waals surface area (Å²) in [6.45, 7) is 1.02. The molecule has 4 heteroatoms. The van der Waals surface area contributed by atoms with E-state index in [9.17, 15) is 4.79 Å². The van der Waals surface area contributed by atoms with Crippen molar-refractivity contribution in [2.24, 2.45) is 0 Å². The number of hydrogen-bond acceptors (Lipinski definition) is 3. The Morgan fingerprint density at radius 2 is 2.20 bits per heavy atom. The van der Waals surface area contributed by atoms with Crippen molar-refractivity contribution >= 4 is 32.7 Å². The van der Waals surface area contributed by atoms with E-state index in [1.54, 1.807) is 0 Å². The molecule has 0 bridgehead atoms. The van der Waals surface area contributed by atoms with Gasteiger partial charge in [0.25, 0.3) is 0 Å². The zero-order valence-electron chi connectivity index (χ0n) is 11.3. The Balaban J connectivity index is 1.74. The third-order valence-electron chi connectivity index (χ3n) is 3.85. The predicted octanol–water partition coefficient (Wildman–Crippen LogP) is 4.30. The quantitative estimate of drug-likeness (QED) is 0.850. The smallest absolute Gasteiger partial charge is 0.199 e. The second-order valence-corrected chi connectivity index (χ2v) is 6.34. The standard InChI is InChI=1S/C16H18BrNO2/c17-12-5-6-15-11(8-12)9-16(20-15)14(19)10-13-4-2-1-3-7-18-13/h5-6,8-9,13,18H,1-4,7,10H2. The molecule has 1 aliphatic heterocycles. The van der Waals surface area contributed by atoms with Gasteiger partial charge in [-0.2, -0.15) is 0 Å².